The highest BCUT2D eigenvalue weighted by atomic mass is 35.5. The van der Waals surface area contributed by atoms with Gasteiger partial charge in [0.25, 0.3) is 5.91 Å². The molecule has 4 nitrogen and oxygen atoms in total. The topological polar surface area (TPSA) is 61.4 Å². The number of halogens is 3. The Labute approximate surface area is 122 Å². The van der Waals surface area contributed by atoms with Crippen LogP contribution in [0.1, 0.15) is 22.3 Å². The van der Waals surface area contributed by atoms with Crippen molar-refractivity contribution in [2.75, 3.05) is 13.1 Å². The fraction of sp³-hybridized carbons (Fsp3) is 0.462. The van der Waals surface area contributed by atoms with Gasteiger partial charge in [0.2, 0.25) is 0 Å². The number of carbonyl (C=O) groups is 1. The summed E-state index contributed by atoms with van der Waals surface area (Å²) in [7, 11) is 0. The van der Waals surface area contributed by atoms with E-state index in [0.29, 0.717) is 19.5 Å². The van der Waals surface area contributed by atoms with Crippen molar-refractivity contribution in [2.24, 2.45) is 0 Å². The minimum atomic E-state index is -0.899. The van der Waals surface area contributed by atoms with Crippen LogP contribution in [0.15, 0.2) is 12.1 Å². The smallest absolute Gasteiger partial charge is 0.257 e. The highest BCUT2D eigenvalue weighted by molar-refractivity contribution is 5.95. The molecule has 0 bridgehead atoms. The van der Waals surface area contributed by atoms with Crippen LogP contribution in [0.3, 0.4) is 0 Å². The van der Waals surface area contributed by atoms with E-state index in [1.807, 2.05) is 0 Å². The fourth-order valence-corrected chi connectivity index (χ4v) is 2.12. The Hall–Kier alpha value is -1.24. The number of aryl methyl sites for hydroxylation is 1. The lowest BCUT2D eigenvalue weighted by Gasteiger charge is -2.29. The molecule has 0 spiro atoms. The number of piperidine rings is 1. The minimum Gasteiger partial charge on any atom is -0.390 e. The largest absolute Gasteiger partial charge is 0.390 e. The highest BCUT2D eigenvalue weighted by Crippen LogP contribution is 2.17. The Bertz CT molecular complexity index is 500. The molecule has 2 rings (SSSR count). The van der Waals surface area contributed by atoms with E-state index in [4.69, 9.17) is 0 Å². The van der Waals surface area contributed by atoms with Gasteiger partial charge in [-0.2, -0.15) is 0 Å². The van der Waals surface area contributed by atoms with Crippen LogP contribution in [-0.2, 0) is 0 Å². The maximum absolute atomic E-state index is 13.8. The molecule has 0 unspecified atom stereocenters. The molecule has 20 heavy (non-hydrogen) atoms. The summed E-state index contributed by atoms with van der Waals surface area (Å²) in [4.78, 5) is 11.9. The molecule has 2 atom stereocenters. The fourth-order valence-electron chi connectivity index (χ4n) is 2.12. The van der Waals surface area contributed by atoms with E-state index >= 15 is 0 Å². The normalized spacial score (nSPS) is 22.0. The monoisotopic (exact) mass is 306 g/mol. The zero-order valence-corrected chi connectivity index (χ0v) is 11.8. The third-order valence-electron chi connectivity index (χ3n) is 3.28. The van der Waals surface area contributed by atoms with Gasteiger partial charge in [0.15, 0.2) is 0 Å². The van der Waals surface area contributed by atoms with Crippen LogP contribution in [-0.4, -0.2) is 36.2 Å². The molecule has 3 N–H and O–H groups in total. The van der Waals surface area contributed by atoms with E-state index in [9.17, 15) is 18.7 Å². The van der Waals surface area contributed by atoms with Crippen molar-refractivity contribution in [2.45, 2.75) is 25.5 Å². The van der Waals surface area contributed by atoms with Crippen LogP contribution >= 0.6 is 12.4 Å². The second-order valence-corrected chi connectivity index (χ2v) is 4.69. The number of β-amino-alcohol motifs (C(OH)–C–C–N with tert-alkyl or cyclic N) is 1. The Morgan fingerprint density at radius 3 is 2.80 bits per heavy atom. The third kappa shape index (κ3) is 3.45. The molecule has 1 amide bonds. The molecular weight excluding hydrogens is 290 g/mol. The first-order valence-electron chi connectivity index (χ1n) is 6.15. The summed E-state index contributed by atoms with van der Waals surface area (Å²) in [6.45, 7) is 2.45. The number of aliphatic hydroxyl groups is 1. The zero-order valence-electron chi connectivity index (χ0n) is 11.0. The molecule has 1 aromatic rings. The number of aliphatic hydroxyl groups excluding tert-OH is 1. The molecular formula is C13H17ClF2N2O2. The number of benzene rings is 1. The van der Waals surface area contributed by atoms with Gasteiger partial charge in [-0.3, -0.25) is 4.79 Å². The molecule has 0 aliphatic carbocycles. The summed E-state index contributed by atoms with van der Waals surface area (Å²) in [5.74, 6) is -2.59. The molecule has 1 aromatic carbocycles. The van der Waals surface area contributed by atoms with E-state index < -0.39 is 35.3 Å². The predicted octanol–water partition coefficient (Wildman–Crippen LogP) is 1.15. The van der Waals surface area contributed by atoms with Crippen LogP contribution in [0.2, 0.25) is 0 Å². The van der Waals surface area contributed by atoms with Gasteiger partial charge >= 0.3 is 0 Å². The first-order valence-corrected chi connectivity index (χ1v) is 6.15. The van der Waals surface area contributed by atoms with Gasteiger partial charge in [0.05, 0.1) is 12.1 Å². The molecule has 1 saturated heterocycles. The number of carbonyl (C=O) groups excluding carboxylic acids is 1. The highest BCUT2D eigenvalue weighted by Gasteiger charge is 2.27. The quantitative estimate of drug-likeness (QED) is 0.768. The average molecular weight is 307 g/mol. The molecule has 1 aliphatic heterocycles. The van der Waals surface area contributed by atoms with Crippen LogP contribution in [0, 0.1) is 18.6 Å². The molecule has 112 valence electrons. The van der Waals surface area contributed by atoms with Gasteiger partial charge in [-0.15, -0.1) is 12.4 Å². The van der Waals surface area contributed by atoms with Gasteiger partial charge in [0.1, 0.15) is 17.2 Å². The maximum Gasteiger partial charge on any atom is 0.257 e. The van der Waals surface area contributed by atoms with Crippen LogP contribution < -0.4 is 10.6 Å². The van der Waals surface area contributed by atoms with Gasteiger partial charge in [-0.05, 0) is 31.5 Å². The van der Waals surface area contributed by atoms with Crippen molar-refractivity contribution in [3.05, 3.63) is 34.9 Å². The number of rotatable bonds is 2. The van der Waals surface area contributed by atoms with Crippen molar-refractivity contribution >= 4 is 18.3 Å². The second-order valence-electron chi connectivity index (χ2n) is 4.69. The number of hydrogen-bond donors (Lipinski definition) is 3. The first kappa shape index (κ1) is 16.8. The lowest BCUT2D eigenvalue weighted by Crippen LogP contribution is -2.52. The third-order valence-corrected chi connectivity index (χ3v) is 3.28. The summed E-state index contributed by atoms with van der Waals surface area (Å²) >= 11 is 0. The van der Waals surface area contributed by atoms with Gasteiger partial charge in [-0.1, -0.05) is 6.07 Å². The van der Waals surface area contributed by atoms with Crippen LogP contribution in [0.25, 0.3) is 0 Å². The first-order chi connectivity index (χ1) is 9.00. The molecule has 7 heteroatoms. The Balaban J connectivity index is 0.00000200. The zero-order chi connectivity index (χ0) is 14.0. The molecule has 0 radical (unpaired) electrons. The molecule has 1 fully saturated rings. The van der Waals surface area contributed by atoms with Crippen molar-refractivity contribution in [3.63, 3.8) is 0 Å². The molecule has 1 aliphatic rings. The van der Waals surface area contributed by atoms with E-state index in [2.05, 4.69) is 10.6 Å². The minimum absolute atomic E-state index is 0. The lowest BCUT2D eigenvalue weighted by atomic mass is 10.0. The molecule has 0 aromatic heterocycles. The van der Waals surface area contributed by atoms with E-state index in [1.165, 1.54) is 13.0 Å². The summed E-state index contributed by atoms with van der Waals surface area (Å²) in [5, 5.41) is 15.1. The van der Waals surface area contributed by atoms with Gasteiger partial charge in [0, 0.05) is 6.54 Å². The Morgan fingerprint density at radius 1 is 1.45 bits per heavy atom. The Morgan fingerprint density at radius 2 is 2.15 bits per heavy atom. The Kier molecular flexibility index (Phi) is 5.86. The second kappa shape index (κ2) is 6.97. The summed E-state index contributed by atoms with van der Waals surface area (Å²) in [6, 6.07) is 1.85. The molecule has 0 saturated carbocycles. The number of amides is 1. The molecule has 1 heterocycles. The SMILES string of the molecule is Cc1ccc(F)c(C(=O)N[C@@H]2CCNC[C@H]2O)c1F.Cl. The van der Waals surface area contributed by atoms with E-state index in [1.54, 1.807) is 0 Å². The average Bonchev–Trinajstić information content (AvgIpc) is 2.37. The predicted molar refractivity (Wildman–Crippen MR) is 73.1 cm³/mol. The summed E-state index contributed by atoms with van der Waals surface area (Å²) in [5.41, 5.74) is -0.386. The lowest BCUT2D eigenvalue weighted by molar-refractivity contribution is 0.0758. The summed E-state index contributed by atoms with van der Waals surface area (Å²) in [6.07, 6.45) is -0.240. The summed E-state index contributed by atoms with van der Waals surface area (Å²) < 4.78 is 27.3. The van der Waals surface area contributed by atoms with Crippen molar-refractivity contribution in [3.8, 4) is 0 Å². The van der Waals surface area contributed by atoms with E-state index in [0.717, 1.165) is 6.07 Å². The van der Waals surface area contributed by atoms with Crippen LogP contribution in [0.5, 0.6) is 0 Å². The van der Waals surface area contributed by atoms with E-state index in [-0.39, 0.29) is 18.0 Å². The van der Waals surface area contributed by atoms with Crippen molar-refractivity contribution < 1.29 is 18.7 Å². The standard InChI is InChI=1S/C13H16F2N2O2.ClH/c1-7-2-3-8(14)11(12(7)15)13(19)17-9-4-5-16-6-10(9)18;/h2-3,9-10,16,18H,4-6H2,1H3,(H,17,19);1H/t9-,10-;/m1./s1. The maximum atomic E-state index is 13.8. The van der Waals surface area contributed by atoms with Crippen LogP contribution in [0.4, 0.5) is 8.78 Å². The van der Waals surface area contributed by atoms with Gasteiger partial charge in [-0.25, -0.2) is 8.78 Å². The number of nitrogens with one attached hydrogen (secondary N) is 2. The van der Waals surface area contributed by atoms with Gasteiger partial charge < -0.3 is 15.7 Å². The van der Waals surface area contributed by atoms with Crippen molar-refractivity contribution in [1.82, 2.24) is 10.6 Å². The number of hydrogen-bond acceptors (Lipinski definition) is 3. The van der Waals surface area contributed by atoms with Crippen molar-refractivity contribution in [1.29, 1.82) is 0 Å².